The summed E-state index contributed by atoms with van der Waals surface area (Å²) >= 11 is 0. The third-order valence-electron chi connectivity index (χ3n) is 5.53. The lowest BCUT2D eigenvalue weighted by molar-refractivity contribution is -0.123. The summed E-state index contributed by atoms with van der Waals surface area (Å²) in [6, 6.07) is 12.6. The van der Waals surface area contributed by atoms with Gasteiger partial charge in [0.05, 0.1) is 17.1 Å². The van der Waals surface area contributed by atoms with Gasteiger partial charge in [-0.3, -0.25) is 4.79 Å². The molecule has 0 spiro atoms. The highest BCUT2D eigenvalue weighted by atomic mass is 16.2. The number of rotatable bonds is 5. The number of nitrogens with one attached hydrogen (secondary N) is 1. The van der Waals surface area contributed by atoms with Crippen LogP contribution >= 0.6 is 0 Å². The Hall–Kier alpha value is -2.62. The first-order valence-corrected chi connectivity index (χ1v) is 9.76. The quantitative estimate of drug-likeness (QED) is 0.722. The Morgan fingerprint density at radius 2 is 1.85 bits per heavy atom. The van der Waals surface area contributed by atoms with Crippen LogP contribution in [-0.2, 0) is 11.3 Å². The highest BCUT2D eigenvalue weighted by Crippen LogP contribution is 2.30. The van der Waals surface area contributed by atoms with Crippen molar-refractivity contribution in [3.63, 3.8) is 0 Å². The fourth-order valence-electron chi connectivity index (χ4n) is 3.95. The van der Waals surface area contributed by atoms with Crippen LogP contribution in [0.25, 0.3) is 11.0 Å². The zero-order valence-corrected chi connectivity index (χ0v) is 16.5. The molecule has 0 saturated heterocycles. The Balaban J connectivity index is 1.75. The van der Waals surface area contributed by atoms with Gasteiger partial charge in [0.25, 0.3) is 0 Å². The molecule has 1 aliphatic carbocycles. The summed E-state index contributed by atoms with van der Waals surface area (Å²) in [4.78, 5) is 17.1. The van der Waals surface area contributed by atoms with Crippen molar-refractivity contribution in [1.82, 2.24) is 14.9 Å². The maximum Gasteiger partial charge on any atom is 0.223 e. The Labute approximate surface area is 160 Å². The van der Waals surface area contributed by atoms with Gasteiger partial charge in [0.1, 0.15) is 5.82 Å². The van der Waals surface area contributed by atoms with E-state index >= 15 is 0 Å². The molecule has 1 amide bonds. The molecule has 0 radical (unpaired) electrons. The SMILES string of the molecule is Cc1cc(C)c(Cn2c(C(C)NC(=O)C3CC3)nc3ccccc32)c(C)c1. The molecule has 1 unspecified atom stereocenters. The van der Waals surface area contributed by atoms with E-state index in [1.807, 2.05) is 25.1 Å². The second-order valence-corrected chi connectivity index (χ2v) is 7.93. The molecule has 27 heavy (non-hydrogen) atoms. The number of imidazole rings is 1. The third kappa shape index (κ3) is 3.48. The van der Waals surface area contributed by atoms with E-state index in [2.05, 4.69) is 48.9 Å². The Kier molecular flexibility index (Phi) is 4.50. The van der Waals surface area contributed by atoms with Crippen molar-refractivity contribution in [1.29, 1.82) is 0 Å². The maximum absolute atomic E-state index is 12.3. The van der Waals surface area contributed by atoms with Crippen molar-refractivity contribution in [2.45, 2.75) is 53.1 Å². The van der Waals surface area contributed by atoms with Crippen LogP contribution in [-0.4, -0.2) is 15.5 Å². The van der Waals surface area contributed by atoms with Gasteiger partial charge in [-0.25, -0.2) is 4.98 Å². The molecular formula is C23H27N3O. The van der Waals surface area contributed by atoms with E-state index in [1.54, 1.807) is 0 Å². The minimum atomic E-state index is -0.114. The molecule has 1 atom stereocenters. The molecule has 1 fully saturated rings. The van der Waals surface area contributed by atoms with Crippen LogP contribution in [0.15, 0.2) is 36.4 Å². The van der Waals surface area contributed by atoms with Crippen LogP contribution in [0.1, 0.15) is 53.9 Å². The first kappa shape index (κ1) is 17.8. The number of hydrogen-bond acceptors (Lipinski definition) is 2. The van der Waals surface area contributed by atoms with Crippen molar-refractivity contribution < 1.29 is 4.79 Å². The number of hydrogen-bond donors (Lipinski definition) is 1. The van der Waals surface area contributed by atoms with Gasteiger partial charge in [0.2, 0.25) is 5.91 Å². The summed E-state index contributed by atoms with van der Waals surface area (Å²) in [5.41, 5.74) is 7.29. The van der Waals surface area contributed by atoms with Crippen LogP contribution in [0, 0.1) is 26.7 Å². The number of nitrogens with zero attached hydrogens (tertiary/aromatic N) is 2. The number of fused-ring (bicyclic) bond motifs is 1. The third-order valence-corrected chi connectivity index (χ3v) is 5.53. The van der Waals surface area contributed by atoms with Gasteiger partial charge in [0.15, 0.2) is 0 Å². The van der Waals surface area contributed by atoms with E-state index in [0.717, 1.165) is 36.2 Å². The molecule has 4 heteroatoms. The average molecular weight is 361 g/mol. The highest BCUT2D eigenvalue weighted by Gasteiger charge is 2.31. The second kappa shape index (κ2) is 6.84. The molecule has 1 N–H and O–H groups in total. The van der Waals surface area contributed by atoms with E-state index in [1.165, 1.54) is 22.3 Å². The van der Waals surface area contributed by atoms with Crippen LogP contribution in [0.2, 0.25) is 0 Å². The van der Waals surface area contributed by atoms with Crippen molar-refractivity contribution in [2.24, 2.45) is 5.92 Å². The first-order valence-electron chi connectivity index (χ1n) is 9.76. The molecule has 4 rings (SSSR count). The smallest absolute Gasteiger partial charge is 0.223 e. The number of carbonyl (C=O) groups is 1. The van der Waals surface area contributed by atoms with E-state index in [0.29, 0.717) is 0 Å². The monoisotopic (exact) mass is 361 g/mol. The normalized spacial score (nSPS) is 15.1. The molecule has 140 valence electrons. The largest absolute Gasteiger partial charge is 0.346 e. The topological polar surface area (TPSA) is 46.9 Å². The summed E-state index contributed by atoms with van der Waals surface area (Å²) in [5, 5.41) is 3.16. The molecule has 0 aliphatic heterocycles. The minimum absolute atomic E-state index is 0.114. The fraction of sp³-hybridized carbons (Fsp3) is 0.391. The predicted molar refractivity (Wildman–Crippen MR) is 109 cm³/mol. The molecule has 1 heterocycles. The van der Waals surface area contributed by atoms with E-state index in [4.69, 9.17) is 4.98 Å². The Morgan fingerprint density at radius 1 is 1.19 bits per heavy atom. The summed E-state index contributed by atoms with van der Waals surface area (Å²) in [6.07, 6.45) is 2.02. The van der Waals surface area contributed by atoms with Crippen LogP contribution in [0.3, 0.4) is 0 Å². The van der Waals surface area contributed by atoms with Gasteiger partial charge in [0, 0.05) is 12.5 Å². The first-order chi connectivity index (χ1) is 12.9. The second-order valence-electron chi connectivity index (χ2n) is 7.93. The number of aromatic nitrogens is 2. The Bertz CT molecular complexity index is 991. The standard InChI is InChI=1S/C23H27N3O/c1-14-11-15(2)19(16(3)12-14)13-26-21-8-6-5-7-20(21)25-22(26)17(4)24-23(27)18-9-10-18/h5-8,11-12,17-18H,9-10,13H2,1-4H3,(H,24,27). The summed E-state index contributed by atoms with van der Waals surface area (Å²) in [7, 11) is 0. The highest BCUT2D eigenvalue weighted by molar-refractivity contribution is 5.81. The van der Waals surface area contributed by atoms with E-state index in [-0.39, 0.29) is 17.9 Å². The van der Waals surface area contributed by atoms with E-state index < -0.39 is 0 Å². The number of carbonyl (C=O) groups excluding carboxylic acids is 1. The maximum atomic E-state index is 12.3. The summed E-state index contributed by atoms with van der Waals surface area (Å²) in [5.74, 6) is 1.28. The van der Waals surface area contributed by atoms with Crippen molar-refractivity contribution in [3.8, 4) is 0 Å². The van der Waals surface area contributed by atoms with Gasteiger partial charge in [-0.15, -0.1) is 0 Å². The van der Waals surface area contributed by atoms with Crippen LogP contribution in [0.5, 0.6) is 0 Å². The average Bonchev–Trinajstić information content (AvgIpc) is 3.40. The van der Waals surface area contributed by atoms with E-state index in [9.17, 15) is 4.79 Å². The van der Waals surface area contributed by atoms with Crippen LogP contribution in [0.4, 0.5) is 0 Å². The zero-order valence-electron chi connectivity index (χ0n) is 16.5. The Morgan fingerprint density at radius 3 is 2.52 bits per heavy atom. The minimum Gasteiger partial charge on any atom is -0.346 e. The molecule has 1 aromatic heterocycles. The summed E-state index contributed by atoms with van der Waals surface area (Å²) in [6.45, 7) is 9.28. The lowest BCUT2D eigenvalue weighted by Crippen LogP contribution is -2.30. The zero-order chi connectivity index (χ0) is 19.1. The number of aryl methyl sites for hydroxylation is 3. The lowest BCUT2D eigenvalue weighted by Gasteiger charge is -2.18. The molecule has 1 aliphatic rings. The van der Waals surface area contributed by atoms with Gasteiger partial charge in [-0.1, -0.05) is 29.8 Å². The lowest BCUT2D eigenvalue weighted by atomic mass is 9.99. The molecule has 4 nitrogen and oxygen atoms in total. The molecule has 1 saturated carbocycles. The van der Waals surface area contributed by atoms with Gasteiger partial charge in [-0.05, 0) is 69.4 Å². The molecule has 0 bridgehead atoms. The van der Waals surface area contributed by atoms with Crippen molar-refractivity contribution in [3.05, 3.63) is 64.5 Å². The number of para-hydroxylation sites is 2. The van der Waals surface area contributed by atoms with Gasteiger partial charge >= 0.3 is 0 Å². The molecule has 3 aromatic rings. The van der Waals surface area contributed by atoms with Gasteiger partial charge in [-0.2, -0.15) is 0 Å². The number of benzene rings is 2. The van der Waals surface area contributed by atoms with Crippen molar-refractivity contribution >= 4 is 16.9 Å². The number of amides is 1. The van der Waals surface area contributed by atoms with Crippen molar-refractivity contribution in [2.75, 3.05) is 0 Å². The summed E-state index contributed by atoms with van der Waals surface area (Å²) < 4.78 is 2.26. The molecular weight excluding hydrogens is 334 g/mol. The van der Waals surface area contributed by atoms with Crippen LogP contribution < -0.4 is 5.32 Å². The fourth-order valence-corrected chi connectivity index (χ4v) is 3.95. The molecule has 2 aromatic carbocycles. The predicted octanol–water partition coefficient (Wildman–Crippen LogP) is 4.60. The van der Waals surface area contributed by atoms with Gasteiger partial charge < -0.3 is 9.88 Å².